The number of hydrogen-bond acceptors (Lipinski definition) is 2. The predicted octanol–water partition coefficient (Wildman–Crippen LogP) is 3.07. The molecule has 0 fully saturated rings. The highest BCUT2D eigenvalue weighted by atomic mass is 16.5. The van der Waals surface area contributed by atoms with Crippen LogP contribution in [0.1, 0.15) is 11.1 Å². The molecule has 0 spiro atoms. The van der Waals surface area contributed by atoms with Crippen molar-refractivity contribution in [2.45, 2.75) is 18.9 Å². The third kappa shape index (κ3) is 4.11. The van der Waals surface area contributed by atoms with E-state index < -0.39 is 0 Å². The van der Waals surface area contributed by atoms with Gasteiger partial charge in [0.2, 0.25) is 0 Å². The molecule has 2 heteroatoms. The van der Waals surface area contributed by atoms with Crippen LogP contribution < -0.4 is 10.1 Å². The van der Waals surface area contributed by atoms with Crippen LogP contribution in [0.25, 0.3) is 0 Å². The van der Waals surface area contributed by atoms with Crippen molar-refractivity contribution in [1.82, 2.24) is 5.32 Å². The molecular weight excluding hydrogens is 234 g/mol. The minimum absolute atomic E-state index is 0.439. The molecule has 0 saturated heterocycles. The summed E-state index contributed by atoms with van der Waals surface area (Å²) in [4.78, 5) is 0. The highest BCUT2D eigenvalue weighted by molar-refractivity contribution is 5.29. The summed E-state index contributed by atoms with van der Waals surface area (Å²) in [5.41, 5.74) is 2.67. The second-order valence-electron chi connectivity index (χ2n) is 4.73. The van der Waals surface area contributed by atoms with Crippen molar-refractivity contribution in [1.29, 1.82) is 0 Å². The molecule has 0 aromatic heterocycles. The lowest BCUT2D eigenvalue weighted by Crippen LogP contribution is -2.29. The summed E-state index contributed by atoms with van der Waals surface area (Å²) in [6, 6.07) is 19.3. The molecule has 2 nitrogen and oxygen atoms in total. The van der Waals surface area contributed by atoms with Gasteiger partial charge in [-0.05, 0) is 43.1 Å². The van der Waals surface area contributed by atoms with Crippen molar-refractivity contribution in [2.75, 3.05) is 14.2 Å². The summed E-state index contributed by atoms with van der Waals surface area (Å²) in [6.45, 7) is 0. The van der Waals surface area contributed by atoms with Crippen LogP contribution >= 0.6 is 0 Å². The lowest BCUT2D eigenvalue weighted by Gasteiger charge is -2.16. The van der Waals surface area contributed by atoms with Crippen LogP contribution in [0.4, 0.5) is 0 Å². The summed E-state index contributed by atoms with van der Waals surface area (Å²) in [7, 11) is 3.73. The lowest BCUT2D eigenvalue weighted by molar-refractivity contribution is 0.414. The van der Waals surface area contributed by atoms with Gasteiger partial charge in [-0.2, -0.15) is 0 Å². The van der Waals surface area contributed by atoms with Crippen molar-refractivity contribution < 1.29 is 4.74 Å². The van der Waals surface area contributed by atoms with Gasteiger partial charge in [-0.25, -0.2) is 0 Å². The molecule has 2 rings (SSSR count). The lowest BCUT2D eigenvalue weighted by atomic mass is 9.99. The minimum Gasteiger partial charge on any atom is -0.497 e. The number of ether oxygens (including phenoxy) is 1. The van der Waals surface area contributed by atoms with Gasteiger partial charge in [-0.15, -0.1) is 0 Å². The van der Waals surface area contributed by atoms with Gasteiger partial charge < -0.3 is 10.1 Å². The maximum Gasteiger partial charge on any atom is 0.119 e. The molecule has 0 heterocycles. The standard InChI is InChI=1S/C17H21NO/c1-18-16(11-14-7-4-3-5-8-14)12-15-9-6-10-17(13-15)19-2/h3-10,13,16,18H,11-12H2,1-2H3. The quantitative estimate of drug-likeness (QED) is 0.856. The van der Waals surface area contributed by atoms with Crippen molar-refractivity contribution in [2.24, 2.45) is 0 Å². The Morgan fingerprint density at radius 2 is 1.63 bits per heavy atom. The number of nitrogens with one attached hydrogen (secondary N) is 1. The smallest absolute Gasteiger partial charge is 0.119 e. The zero-order valence-corrected chi connectivity index (χ0v) is 11.6. The third-order valence-electron chi connectivity index (χ3n) is 3.35. The molecule has 0 aliphatic heterocycles. The van der Waals surface area contributed by atoms with Crippen LogP contribution in [0.2, 0.25) is 0 Å². The topological polar surface area (TPSA) is 21.3 Å². The van der Waals surface area contributed by atoms with Gasteiger partial charge in [0.1, 0.15) is 5.75 Å². The van der Waals surface area contributed by atoms with E-state index in [9.17, 15) is 0 Å². The molecule has 0 bridgehead atoms. The second-order valence-corrected chi connectivity index (χ2v) is 4.73. The van der Waals surface area contributed by atoms with E-state index in [1.165, 1.54) is 11.1 Å². The molecule has 0 radical (unpaired) electrons. The summed E-state index contributed by atoms with van der Waals surface area (Å²) in [5, 5.41) is 3.40. The van der Waals surface area contributed by atoms with Gasteiger partial charge in [0.05, 0.1) is 7.11 Å². The van der Waals surface area contributed by atoms with Crippen molar-refractivity contribution >= 4 is 0 Å². The fourth-order valence-corrected chi connectivity index (χ4v) is 2.26. The predicted molar refractivity (Wildman–Crippen MR) is 79.7 cm³/mol. The molecule has 2 aromatic rings. The summed E-state index contributed by atoms with van der Waals surface area (Å²) < 4.78 is 5.27. The van der Waals surface area contributed by atoms with Gasteiger partial charge in [0, 0.05) is 6.04 Å². The largest absolute Gasteiger partial charge is 0.497 e. The van der Waals surface area contributed by atoms with Crippen LogP contribution in [0, 0.1) is 0 Å². The Labute approximate surface area is 115 Å². The number of benzene rings is 2. The first-order valence-electron chi connectivity index (χ1n) is 6.66. The van der Waals surface area contributed by atoms with E-state index in [4.69, 9.17) is 4.74 Å². The SMILES string of the molecule is CNC(Cc1ccccc1)Cc1cccc(OC)c1. The summed E-state index contributed by atoms with van der Waals surface area (Å²) >= 11 is 0. The Balaban J connectivity index is 2.02. The number of likely N-dealkylation sites (N-methyl/N-ethyl adjacent to an activating group) is 1. The van der Waals surface area contributed by atoms with Crippen LogP contribution in [0.15, 0.2) is 54.6 Å². The molecule has 100 valence electrons. The average molecular weight is 255 g/mol. The van der Waals surface area contributed by atoms with Gasteiger partial charge in [-0.1, -0.05) is 42.5 Å². The van der Waals surface area contributed by atoms with Gasteiger partial charge in [0.25, 0.3) is 0 Å². The molecule has 1 N–H and O–H groups in total. The minimum atomic E-state index is 0.439. The summed E-state index contributed by atoms with van der Waals surface area (Å²) in [5.74, 6) is 0.923. The Morgan fingerprint density at radius 3 is 2.32 bits per heavy atom. The van der Waals surface area contributed by atoms with Gasteiger partial charge in [-0.3, -0.25) is 0 Å². The molecule has 1 unspecified atom stereocenters. The van der Waals surface area contributed by atoms with E-state index >= 15 is 0 Å². The number of methoxy groups -OCH3 is 1. The van der Waals surface area contributed by atoms with Crippen molar-refractivity contribution in [3.05, 3.63) is 65.7 Å². The zero-order valence-electron chi connectivity index (χ0n) is 11.6. The number of rotatable bonds is 6. The summed E-state index contributed by atoms with van der Waals surface area (Å²) in [6.07, 6.45) is 2.04. The Bertz CT molecular complexity index is 496. The number of hydrogen-bond donors (Lipinski definition) is 1. The highest BCUT2D eigenvalue weighted by Gasteiger charge is 2.08. The first kappa shape index (κ1) is 13.6. The first-order chi connectivity index (χ1) is 9.31. The van der Waals surface area contributed by atoms with E-state index in [-0.39, 0.29) is 0 Å². The normalized spacial score (nSPS) is 12.1. The molecule has 0 aliphatic rings. The third-order valence-corrected chi connectivity index (χ3v) is 3.35. The van der Waals surface area contributed by atoms with E-state index in [2.05, 4.69) is 47.8 Å². The Hall–Kier alpha value is -1.80. The Kier molecular flexibility index (Phi) is 4.99. The molecule has 0 amide bonds. The van der Waals surface area contributed by atoms with E-state index in [0.29, 0.717) is 6.04 Å². The monoisotopic (exact) mass is 255 g/mol. The highest BCUT2D eigenvalue weighted by Crippen LogP contribution is 2.15. The Morgan fingerprint density at radius 1 is 0.947 bits per heavy atom. The fourth-order valence-electron chi connectivity index (χ4n) is 2.26. The van der Waals surface area contributed by atoms with E-state index in [1.807, 2.05) is 19.2 Å². The van der Waals surface area contributed by atoms with Gasteiger partial charge in [0.15, 0.2) is 0 Å². The molecular formula is C17H21NO. The van der Waals surface area contributed by atoms with Crippen LogP contribution in [-0.4, -0.2) is 20.2 Å². The molecule has 19 heavy (non-hydrogen) atoms. The fraction of sp³-hybridized carbons (Fsp3) is 0.294. The molecule has 1 atom stereocenters. The van der Waals surface area contributed by atoms with E-state index in [0.717, 1.165) is 18.6 Å². The van der Waals surface area contributed by atoms with E-state index in [1.54, 1.807) is 7.11 Å². The average Bonchev–Trinajstić information content (AvgIpc) is 2.48. The maximum absolute atomic E-state index is 5.27. The first-order valence-corrected chi connectivity index (χ1v) is 6.66. The molecule has 2 aromatic carbocycles. The maximum atomic E-state index is 5.27. The van der Waals surface area contributed by atoms with Crippen molar-refractivity contribution in [3.8, 4) is 5.75 Å². The van der Waals surface area contributed by atoms with Gasteiger partial charge >= 0.3 is 0 Å². The van der Waals surface area contributed by atoms with Crippen molar-refractivity contribution in [3.63, 3.8) is 0 Å². The molecule has 0 saturated carbocycles. The van der Waals surface area contributed by atoms with Crippen LogP contribution in [-0.2, 0) is 12.8 Å². The van der Waals surface area contributed by atoms with Crippen LogP contribution in [0.3, 0.4) is 0 Å². The zero-order chi connectivity index (χ0) is 13.5. The van der Waals surface area contributed by atoms with Crippen LogP contribution in [0.5, 0.6) is 5.75 Å². The second kappa shape index (κ2) is 6.95. The molecule has 0 aliphatic carbocycles.